The maximum absolute atomic E-state index is 3.50. The molecule has 0 bridgehead atoms. The van der Waals surface area contributed by atoms with Crippen molar-refractivity contribution in [3.8, 4) is 0 Å². The van der Waals surface area contributed by atoms with Crippen LogP contribution in [-0.4, -0.2) is 30.6 Å². The van der Waals surface area contributed by atoms with Gasteiger partial charge in [-0.25, -0.2) is 0 Å². The first-order chi connectivity index (χ1) is 8.42. The van der Waals surface area contributed by atoms with Crippen LogP contribution in [0, 0.1) is 0 Å². The second kappa shape index (κ2) is 5.03. The average Bonchev–Trinajstić information content (AvgIpc) is 3.04. The van der Waals surface area contributed by atoms with Crippen LogP contribution in [-0.2, 0) is 0 Å². The number of allylic oxidation sites excluding steroid dienone is 2. The number of hydrogen-bond donors (Lipinski definition) is 2. The van der Waals surface area contributed by atoms with Gasteiger partial charge in [-0.05, 0) is 44.6 Å². The molecule has 3 saturated heterocycles. The summed E-state index contributed by atoms with van der Waals surface area (Å²) in [5.74, 6) is 0. The number of nitrogens with zero attached hydrogens (tertiary/aromatic N) is 1. The van der Waals surface area contributed by atoms with E-state index >= 15 is 0 Å². The lowest BCUT2D eigenvalue weighted by molar-refractivity contribution is 0.394. The molecule has 0 radical (unpaired) electrons. The molecule has 0 aliphatic carbocycles. The summed E-state index contributed by atoms with van der Waals surface area (Å²) in [6, 6.07) is 0.630. The Bertz CT molecular complexity index is 284. The summed E-state index contributed by atoms with van der Waals surface area (Å²) in [6.45, 7) is 3.55. The molecule has 3 aliphatic rings. The van der Waals surface area contributed by atoms with E-state index in [1.807, 2.05) is 0 Å². The lowest BCUT2D eigenvalue weighted by Gasteiger charge is -2.21. The number of hydrogen-bond acceptors (Lipinski definition) is 3. The van der Waals surface area contributed by atoms with Crippen molar-refractivity contribution in [1.82, 2.24) is 15.5 Å². The second-order valence-electron chi connectivity index (χ2n) is 5.35. The van der Waals surface area contributed by atoms with Crippen LogP contribution in [0.3, 0.4) is 0 Å². The van der Waals surface area contributed by atoms with Gasteiger partial charge in [0, 0.05) is 43.3 Å². The third kappa shape index (κ3) is 2.59. The van der Waals surface area contributed by atoms with Crippen LogP contribution >= 0.6 is 0 Å². The summed E-state index contributed by atoms with van der Waals surface area (Å²) in [6.07, 6.45) is 12.6. The molecule has 94 valence electrons. The van der Waals surface area contributed by atoms with E-state index in [1.54, 1.807) is 0 Å². The second-order valence-corrected chi connectivity index (χ2v) is 5.35. The molecule has 0 amide bonds. The van der Waals surface area contributed by atoms with Gasteiger partial charge < -0.3 is 15.5 Å². The highest BCUT2D eigenvalue weighted by molar-refractivity contribution is 5.13. The minimum Gasteiger partial charge on any atom is -0.389 e. The first-order valence-corrected chi connectivity index (χ1v) is 7.07. The predicted molar refractivity (Wildman–Crippen MR) is 70.4 cm³/mol. The van der Waals surface area contributed by atoms with Crippen molar-refractivity contribution >= 4 is 0 Å². The summed E-state index contributed by atoms with van der Waals surface area (Å²) in [5.41, 5.74) is 2.91. The largest absolute Gasteiger partial charge is 0.389 e. The van der Waals surface area contributed by atoms with Crippen LogP contribution in [0.1, 0.15) is 38.5 Å². The Labute approximate surface area is 104 Å². The Morgan fingerprint density at radius 3 is 2.47 bits per heavy atom. The average molecular weight is 233 g/mol. The molecule has 3 aliphatic heterocycles. The Morgan fingerprint density at radius 1 is 1.00 bits per heavy atom. The topological polar surface area (TPSA) is 27.3 Å². The van der Waals surface area contributed by atoms with Gasteiger partial charge in [0.15, 0.2) is 0 Å². The van der Waals surface area contributed by atoms with Gasteiger partial charge in [-0.3, -0.25) is 0 Å². The van der Waals surface area contributed by atoms with E-state index in [1.165, 1.54) is 63.0 Å². The molecule has 3 heterocycles. The molecule has 3 rings (SSSR count). The molecule has 2 N–H and O–H groups in total. The van der Waals surface area contributed by atoms with Crippen LogP contribution in [0.4, 0.5) is 0 Å². The number of rotatable bonds is 2. The van der Waals surface area contributed by atoms with Gasteiger partial charge in [0.25, 0.3) is 0 Å². The summed E-state index contributed by atoms with van der Waals surface area (Å²) in [7, 11) is 0. The standard InChI is InChI=1S/C14H23N3/c1-4-12(15-7-1)10-14-6-3-9-17(14)11-13-5-2-8-16-13/h10-11,14-16H,1-9H2. The Balaban J connectivity index is 1.66. The summed E-state index contributed by atoms with van der Waals surface area (Å²) in [5, 5.41) is 6.98. The first-order valence-electron chi connectivity index (χ1n) is 7.07. The van der Waals surface area contributed by atoms with Gasteiger partial charge in [-0.15, -0.1) is 0 Å². The fraction of sp³-hybridized carbons (Fsp3) is 0.714. The zero-order valence-corrected chi connectivity index (χ0v) is 10.5. The van der Waals surface area contributed by atoms with Crippen molar-refractivity contribution in [3.63, 3.8) is 0 Å². The van der Waals surface area contributed by atoms with E-state index in [0.717, 1.165) is 6.54 Å². The Morgan fingerprint density at radius 2 is 1.76 bits per heavy atom. The van der Waals surface area contributed by atoms with E-state index in [4.69, 9.17) is 0 Å². The molecular weight excluding hydrogens is 210 g/mol. The minimum absolute atomic E-state index is 0.630. The predicted octanol–water partition coefficient (Wildman–Crippen LogP) is 1.94. The lowest BCUT2D eigenvalue weighted by Crippen LogP contribution is -2.25. The lowest BCUT2D eigenvalue weighted by atomic mass is 10.1. The summed E-state index contributed by atoms with van der Waals surface area (Å²) >= 11 is 0. The van der Waals surface area contributed by atoms with Crippen molar-refractivity contribution in [2.24, 2.45) is 0 Å². The van der Waals surface area contributed by atoms with Crippen molar-refractivity contribution in [3.05, 3.63) is 23.7 Å². The van der Waals surface area contributed by atoms with Crippen LogP contribution in [0.5, 0.6) is 0 Å². The van der Waals surface area contributed by atoms with Gasteiger partial charge in [0.05, 0.1) is 0 Å². The van der Waals surface area contributed by atoms with Gasteiger partial charge in [-0.1, -0.05) is 0 Å². The molecule has 0 aromatic rings. The van der Waals surface area contributed by atoms with Gasteiger partial charge in [0.2, 0.25) is 0 Å². The molecule has 0 saturated carbocycles. The smallest absolute Gasteiger partial charge is 0.0488 e. The first kappa shape index (κ1) is 11.0. The van der Waals surface area contributed by atoms with Gasteiger partial charge in [0.1, 0.15) is 0 Å². The van der Waals surface area contributed by atoms with Crippen molar-refractivity contribution in [1.29, 1.82) is 0 Å². The fourth-order valence-corrected chi connectivity index (χ4v) is 3.07. The SMILES string of the molecule is C(=C1CCCN1)C1CCCN1C=C1CCCN1. The Kier molecular flexibility index (Phi) is 3.25. The van der Waals surface area contributed by atoms with Crippen molar-refractivity contribution in [2.45, 2.75) is 44.6 Å². The van der Waals surface area contributed by atoms with E-state index in [0.29, 0.717) is 6.04 Å². The van der Waals surface area contributed by atoms with Crippen LogP contribution in [0.15, 0.2) is 23.7 Å². The van der Waals surface area contributed by atoms with Gasteiger partial charge in [-0.2, -0.15) is 0 Å². The molecule has 3 nitrogen and oxygen atoms in total. The summed E-state index contributed by atoms with van der Waals surface area (Å²) < 4.78 is 0. The van der Waals surface area contributed by atoms with E-state index < -0.39 is 0 Å². The van der Waals surface area contributed by atoms with Crippen molar-refractivity contribution in [2.75, 3.05) is 19.6 Å². The molecule has 0 aromatic carbocycles. The third-order valence-electron chi connectivity index (χ3n) is 4.01. The normalized spacial score (nSPS) is 33.4. The monoisotopic (exact) mass is 233 g/mol. The van der Waals surface area contributed by atoms with E-state index in [2.05, 4.69) is 27.8 Å². The van der Waals surface area contributed by atoms with Crippen LogP contribution < -0.4 is 10.6 Å². The van der Waals surface area contributed by atoms with E-state index in [9.17, 15) is 0 Å². The third-order valence-corrected chi connectivity index (χ3v) is 4.01. The molecule has 0 aromatic heterocycles. The fourth-order valence-electron chi connectivity index (χ4n) is 3.07. The molecule has 17 heavy (non-hydrogen) atoms. The highest BCUT2D eigenvalue weighted by atomic mass is 15.2. The maximum Gasteiger partial charge on any atom is 0.0488 e. The van der Waals surface area contributed by atoms with Crippen LogP contribution in [0.2, 0.25) is 0 Å². The van der Waals surface area contributed by atoms with Crippen LogP contribution in [0.25, 0.3) is 0 Å². The van der Waals surface area contributed by atoms with Crippen molar-refractivity contribution < 1.29 is 0 Å². The van der Waals surface area contributed by atoms with E-state index in [-0.39, 0.29) is 0 Å². The number of nitrogens with one attached hydrogen (secondary N) is 2. The molecule has 3 fully saturated rings. The molecule has 3 heteroatoms. The molecule has 1 atom stereocenters. The molecule has 0 spiro atoms. The maximum atomic E-state index is 3.50. The highest BCUT2D eigenvalue weighted by Gasteiger charge is 2.22. The molecule has 1 unspecified atom stereocenters. The summed E-state index contributed by atoms with van der Waals surface area (Å²) in [4.78, 5) is 2.53. The Hall–Kier alpha value is -1.12. The zero-order valence-electron chi connectivity index (χ0n) is 10.5. The van der Waals surface area contributed by atoms with Gasteiger partial charge >= 0.3 is 0 Å². The quantitative estimate of drug-likeness (QED) is 0.763. The minimum atomic E-state index is 0.630. The number of likely N-dealkylation sites (tertiary alicyclic amines) is 1. The molecular formula is C14H23N3. The highest BCUT2D eigenvalue weighted by Crippen LogP contribution is 2.23. The zero-order chi connectivity index (χ0) is 11.5.